The number of carboxylic acid groups (broad SMARTS) is 1. The lowest BCUT2D eigenvalue weighted by Crippen LogP contribution is -2.26. The molecule has 0 unspecified atom stereocenters. The predicted molar refractivity (Wildman–Crippen MR) is 148 cm³/mol. The average molecular weight is 561 g/mol. The molecule has 0 aliphatic heterocycles. The van der Waals surface area contributed by atoms with Crippen molar-refractivity contribution in [3.8, 4) is 11.6 Å². The number of aryl methyl sites for hydroxylation is 1. The molecule has 15 heteroatoms. The minimum absolute atomic E-state index is 0.117. The third kappa shape index (κ3) is 6.76. The van der Waals surface area contributed by atoms with Gasteiger partial charge in [-0.15, -0.1) is 5.10 Å². The molecule has 4 amide bonds. The van der Waals surface area contributed by atoms with Crippen LogP contribution in [0, 0.1) is 0 Å². The maximum atomic E-state index is 12.8. The zero-order chi connectivity index (χ0) is 28.8. The quantitative estimate of drug-likeness (QED) is 0.151. The SMILES string of the molecule is Cn1cc2c(nc(NC(=O)Nc3ccc(CC(=O)NCCCCCNC(=O)O)cc3)n3nc(-c4ccco4)nc23)n1. The van der Waals surface area contributed by atoms with Crippen LogP contribution >= 0.6 is 0 Å². The fourth-order valence-corrected chi connectivity index (χ4v) is 4.16. The van der Waals surface area contributed by atoms with Crippen LogP contribution in [0.4, 0.5) is 21.2 Å². The molecule has 1 aromatic carbocycles. The summed E-state index contributed by atoms with van der Waals surface area (Å²) in [5, 5.41) is 28.6. The fourth-order valence-electron chi connectivity index (χ4n) is 4.16. The highest BCUT2D eigenvalue weighted by molar-refractivity contribution is 6.00. The number of fused-ring (bicyclic) bond motifs is 3. The zero-order valence-electron chi connectivity index (χ0n) is 22.1. The molecule has 0 bridgehead atoms. The monoisotopic (exact) mass is 560 g/mol. The summed E-state index contributed by atoms with van der Waals surface area (Å²) >= 11 is 0. The van der Waals surface area contributed by atoms with E-state index in [1.165, 1.54) is 10.8 Å². The average Bonchev–Trinajstić information content (AvgIpc) is 3.68. The Balaban J connectivity index is 1.17. The molecule has 0 aliphatic rings. The first-order valence-electron chi connectivity index (χ1n) is 12.9. The lowest BCUT2D eigenvalue weighted by Gasteiger charge is -2.09. The van der Waals surface area contributed by atoms with Gasteiger partial charge < -0.3 is 25.5 Å². The van der Waals surface area contributed by atoms with Crippen molar-refractivity contribution >= 4 is 46.3 Å². The van der Waals surface area contributed by atoms with Crippen LogP contribution in [-0.2, 0) is 18.3 Å². The molecule has 0 saturated heterocycles. The van der Waals surface area contributed by atoms with E-state index in [1.807, 2.05) is 0 Å². The summed E-state index contributed by atoms with van der Waals surface area (Å²) < 4.78 is 8.45. The Bertz CT molecular complexity index is 1670. The molecule has 0 saturated carbocycles. The van der Waals surface area contributed by atoms with E-state index < -0.39 is 12.1 Å². The number of furan rings is 1. The van der Waals surface area contributed by atoms with Gasteiger partial charge in [-0.1, -0.05) is 12.1 Å². The van der Waals surface area contributed by atoms with E-state index in [4.69, 9.17) is 9.52 Å². The van der Waals surface area contributed by atoms with E-state index in [9.17, 15) is 14.4 Å². The van der Waals surface area contributed by atoms with Crippen molar-refractivity contribution in [2.75, 3.05) is 23.7 Å². The number of amides is 4. The Morgan fingerprint density at radius 2 is 1.73 bits per heavy atom. The summed E-state index contributed by atoms with van der Waals surface area (Å²) in [5.41, 5.74) is 2.16. The van der Waals surface area contributed by atoms with Gasteiger partial charge in [0.05, 0.1) is 18.1 Å². The number of rotatable bonds is 11. The minimum atomic E-state index is -1.03. The molecule has 0 spiro atoms. The second kappa shape index (κ2) is 12.1. The predicted octanol–water partition coefficient (Wildman–Crippen LogP) is 3.01. The Labute approximate surface area is 233 Å². The largest absolute Gasteiger partial charge is 0.465 e. The molecule has 5 aromatic rings. The molecule has 5 rings (SSSR count). The van der Waals surface area contributed by atoms with Crippen molar-refractivity contribution in [3.05, 3.63) is 54.4 Å². The highest BCUT2D eigenvalue weighted by atomic mass is 16.4. The van der Waals surface area contributed by atoms with Crippen LogP contribution in [0.5, 0.6) is 0 Å². The van der Waals surface area contributed by atoms with Gasteiger partial charge in [-0.25, -0.2) is 14.6 Å². The summed E-state index contributed by atoms with van der Waals surface area (Å²) in [6, 6.07) is 9.85. The maximum Gasteiger partial charge on any atom is 0.404 e. The van der Waals surface area contributed by atoms with Gasteiger partial charge in [0.1, 0.15) is 0 Å². The number of anilines is 2. The fraction of sp³-hybridized carbons (Fsp3) is 0.269. The van der Waals surface area contributed by atoms with E-state index in [-0.39, 0.29) is 18.3 Å². The number of hydrogen-bond acceptors (Lipinski definition) is 8. The molecule has 0 aliphatic carbocycles. The third-order valence-corrected chi connectivity index (χ3v) is 6.07. The number of urea groups is 1. The van der Waals surface area contributed by atoms with E-state index in [0.717, 1.165) is 18.4 Å². The van der Waals surface area contributed by atoms with Crippen molar-refractivity contribution in [1.29, 1.82) is 0 Å². The topological polar surface area (TPSA) is 194 Å². The smallest absolute Gasteiger partial charge is 0.404 e. The number of unbranched alkanes of at least 4 members (excludes halogenated alkanes) is 2. The first-order chi connectivity index (χ1) is 19.9. The van der Waals surface area contributed by atoms with Crippen LogP contribution in [-0.4, -0.2) is 65.6 Å². The Hall–Kier alpha value is -5.47. The lowest BCUT2D eigenvalue weighted by molar-refractivity contribution is -0.120. The Morgan fingerprint density at radius 1 is 0.951 bits per heavy atom. The molecule has 41 heavy (non-hydrogen) atoms. The molecule has 0 radical (unpaired) electrons. The van der Waals surface area contributed by atoms with Gasteiger partial charge in [0, 0.05) is 32.0 Å². The second-order valence-corrected chi connectivity index (χ2v) is 9.22. The number of hydrogen-bond donors (Lipinski definition) is 5. The van der Waals surface area contributed by atoms with Crippen LogP contribution in [0.3, 0.4) is 0 Å². The third-order valence-electron chi connectivity index (χ3n) is 6.07. The maximum absolute atomic E-state index is 12.8. The molecule has 0 atom stereocenters. The number of benzene rings is 1. The van der Waals surface area contributed by atoms with Crippen molar-refractivity contribution in [2.24, 2.45) is 7.05 Å². The molecule has 15 nitrogen and oxygen atoms in total. The summed E-state index contributed by atoms with van der Waals surface area (Å²) in [6.07, 6.45) is 4.74. The lowest BCUT2D eigenvalue weighted by atomic mass is 10.1. The van der Waals surface area contributed by atoms with E-state index in [0.29, 0.717) is 53.5 Å². The molecule has 5 N–H and O–H groups in total. The zero-order valence-corrected chi connectivity index (χ0v) is 22.1. The second-order valence-electron chi connectivity index (χ2n) is 9.22. The number of nitrogens with zero attached hydrogens (tertiary/aromatic N) is 6. The minimum Gasteiger partial charge on any atom is -0.465 e. The van der Waals surface area contributed by atoms with E-state index in [1.54, 1.807) is 54.3 Å². The van der Waals surface area contributed by atoms with Crippen LogP contribution < -0.4 is 21.3 Å². The Kier molecular flexibility index (Phi) is 8.03. The van der Waals surface area contributed by atoms with Crippen LogP contribution in [0.2, 0.25) is 0 Å². The van der Waals surface area contributed by atoms with Crippen LogP contribution in [0.25, 0.3) is 28.3 Å². The van der Waals surface area contributed by atoms with Crippen molar-refractivity contribution in [3.63, 3.8) is 0 Å². The highest BCUT2D eigenvalue weighted by Gasteiger charge is 2.19. The van der Waals surface area contributed by atoms with Gasteiger partial charge in [-0.05, 0) is 49.1 Å². The van der Waals surface area contributed by atoms with E-state index >= 15 is 0 Å². The van der Waals surface area contributed by atoms with Crippen LogP contribution in [0.1, 0.15) is 24.8 Å². The van der Waals surface area contributed by atoms with Crippen molar-refractivity contribution in [2.45, 2.75) is 25.7 Å². The summed E-state index contributed by atoms with van der Waals surface area (Å²) in [7, 11) is 1.76. The van der Waals surface area contributed by atoms with Gasteiger partial charge in [0.25, 0.3) is 0 Å². The first-order valence-corrected chi connectivity index (χ1v) is 12.9. The summed E-state index contributed by atoms with van der Waals surface area (Å²) in [4.78, 5) is 44.5. The van der Waals surface area contributed by atoms with Gasteiger partial charge in [0.2, 0.25) is 17.7 Å². The van der Waals surface area contributed by atoms with Crippen molar-refractivity contribution < 1.29 is 23.9 Å². The highest BCUT2D eigenvalue weighted by Crippen LogP contribution is 2.24. The first kappa shape index (κ1) is 27.1. The van der Waals surface area contributed by atoms with Gasteiger partial charge in [-0.2, -0.15) is 14.6 Å². The number of aromatic nitrogens is 6. The van der Waals surface area contributed by atoms with E-state index in [2.05, 4.69) is 41.4 Å². The molecular formula is C26H28N10O5. The van der Waals surface area contributed by atoms with Gasteiger partial charge >= 0.3 is 12.1 Å². The molecule has 0 fully saturated rings. The molecular weight excluding hydrogens is 532 g/mol. The molecule has 4 heterocycles. The summed E-state index contributed by atoms with van der Waals surface area (Å²) in [5.74, 6) is 0.819. The number of carbonyl (C=O) groups is 3. The van der Waals surface area contributed by atoms with Gasteiger partial charge in [0.15, 0.2) is 17.1 Å². The molecule has 212 valence electrons. The van der Waals surface area contributed by atoms with Crippen LogP contribution in [0.15, 0.2) is 53.3 Å². The Morgan fingerprint density at radius 3 is 2.46 bits per heavy atom. The number of nitrogens with one attached hydrogen (secondary N) is 4. The van der Waals surface area contributed by atoms with Gasteiger partial charge in [-0.3, -0.25) is 14.8 Å². The standard InChI is InChI=1S/C26H28N10O5/c1-35-15-18-21(33-35)31-24(36-23(18)30-22(34-36)19-6-5-13-41-19)32-25(38)29-17-9-7-16(8-10-17)14-20(37)27-11-3-2-4-12-28-26(39)40/h5-10,13,15,28H,2-4,11-12,14H2,1H3,(H,27,37)(H,39,40)(H2,29,31,32,33,38). The molecule has 4 aromatic heterocycles. The van der Waals surface area contributed by atoms with Crippen molar-refractivity contribution in [1.82, 2.24) is 40.0 Å². The number of carbonyl (C=O) groups excluding carboxylic acids is 2. The normalized spacial score (nSPS) is 11.0. The summed E-state index contributed by atoms with van der Waals surface area (Å²) in [6.45, 7) is 0.918.